The van der Waals surface area contributed by atoms with Gasteiger partial charge in [0.25, 0.3) is 11.5 Å². The molecule has 3 aromatic rings. The second-order valence-electron chi connectivity index (χ2n) is 6.53. The molecule has 5 nitrogen and oxygen atoms in total. The van der Waals surface area contributed by atoms with Gasteiger partial charge in [0.2, 0.25) is 0 Å². The van der Waals surface area contributed by atoms with Gasteiger partial charge in [-0.2, -0.15) is 0 Å². The van der Waals surface area contributed by atoms with E-state index < -0.39 is 11.5 Å². The number of benzene rings is 2. The van der Waals surface area contributed by atoms with Crippen LogP contribution in [0.4, 0.5) is 5.69 Å². The molecule has 4 rings (SSSR count). The number of aromatic nitrogens is 1. The summed E-state index contributed by atoms with van der Waals surface area (Å²) in [5, 5.41) is 13.9. The van der Waals surface area contributed by atoms with Gasteiger partial charge in [-0.3, -0.25) is 9.59 Å². The van der Waals surface area contributed by atoms with Gasteiger partial charge in [0.05, 0.1) is 11.2 Å². The fraction of sp³-hybridized carbons (Fsp3) is 0.200. The fourth-order valence-corrected chi connectivity index (χ4v) is 4.12. The number of hydrogen-bond acceptors (Lipinski definition) is 3. The first-order valence-electron chi connectivity index (χ1n) is 8.42. The highest BCUT2D eigenvalue weighted by molar-refractivity contribution is 9.10. The van der Waals surface area contributed by atoms with Crippen molar-refractivity contribution in [1.29, 1.82) is 0 Å². The van der Waals surface area contributed by atoms with Crippen LogP contribution in [0.3, 0.4) is 0 Å². The van der Waals surface area contributed by atoms with Crippen molar-refractivity contribution in [2.45, 2.75) is 26.3 Å². The summed E-state index contributed by atoms with van der Waals surface area (Å²) in [5.74, 6) is -0.871. The van der Waals surface area contributed by atoms with Crippen LogP contribution in [0.5, 0.6) is 5.75 Å². The van der Waals surface area contributed by atoms with E-state index in [1.807, 2.05) is 31.2 Å². The minimum atomic E-state index is -0.612. The monoisotopic (exact) mass is 412 g/mol. The van der Waals surface area contributed by atoms with E-state index >= 15 is 0 Å². The van der Waals surface area contributed by atoms with Crippen molar-refractivity contribution in [3.05, 3.63) is 67.9 Å². The Morgan fingerprint density at radius 3 is 2.85 bits per heavy atom. The molecule has 0 spiro atoms. The Morgan fingerprint density at radius 2 is 2.08 bits per heavy atom. The number of carbonyl (C=O) groups is 1. The van der Waals surface area contributed by atoms with Gasteiger partial charge in [0, 0.05) is 16.4 Å². The molecule has 0 fully saturated rings. The third-order valence-corrected chi connectivity index (χ3v) is 5.42. The number of nitrogens with zero attached hydrogens (tertiary/aromatic N) is 1. The van der Waals surface area contributed by atoms with Crippen molar-refractivity contribution < 1.29 is 9.90 Å². The second-order valence-corrected chi connectivity index (χ2v) is 7.39. The van der Waals surface area contributed by atoms with E-state index in [1.54, 1.807) is 16.7 Å². The Morgan fingerprint density at radius 1 is 1.27 bits per heavy atom. The first-order chi connectivity index (χ1) is 12.5. The van der Waals surface area contributed by atoms with E-state index in [0.29, 0.717) is 17.6 Å². The van der Waals surface area contributed by atoms with Gasteiger partial charge in [-0.25, -0.2) is 0 Å². The molecule has 0 unspecified atom stereocenters. The van der Waals surface area contributed by atoms with Gasteiger partial charge in [0.15, 0.2) is 0 Å². The lowest BCUT2D eigenvalue weighted by Crippen LogP contribution is -2.31. The first kappa shape index (κ1) is 16.8. The topological polar surface area (TPSA) is 71.3 Å². The van der Waals surface area contributed by atoms with Crippen molar-refractivity contribution in [3.8, 4) is 5.75 Å². The van der Waals surface area contributed by atoms with Gasteiger partial charge >= 0.3 is 0 Å². The predicted octanol–water partition coefficient (Wildman–Crippen LogP) is 3.98. The van der Waals surface area contributed by atoms with Crippen LogP contribution in [-0.4, -0.2) is 15.6 Å². The number of halogens is 1. The molecule has 0 radical (unpaired) electrons. The second kappa shape index (κ2) is 6.29. The minimum Gasteiger partial charge on any atom is -0.506 e. The van der Waals surface area contributed by atoms with E-state index in [4.69, 9.17) is 0 Å². The third kappa shape index (κ3) is 2.61. The summed E-state index contributed by atoms with van der Waals surface area (Å²) in [6.45, 7) is 2.49. The number of carbonyl (C=O) groups excluding carboxylic acids is 1. The number of rotatable bonds is 2. The normalized spacial score (nSPS) is 13.0. The molecule has 26 heavy (non-hydrogen) atoms. The van der Waals surface area contributed by atoms with Crippen molar-refractivity contribution in [2.24, 2.45) is 0 Å². The van der Waals surface area contributed by atoms with Crippen molar-refractivity contribution in [2.75, 3.05) is 5.32 Å². The Balaban J connectivity index is 1.87. The molecule has 1 amide bonds. The predicted molar refractivity (Wildman–Crippen MR) is 105 cm³/mol. The van der Waals surface area contributed by atoms with E-state index in [9.17, 15) is 14.7 Å². The molecular weight excluding hydrogens is 396 g/mol. The van der Waals surface area contributed by atoms with Crippen molar-refractivity contribution >= 4 is 38.4 Å². The Bertz CT molecular complexity index is 1120. The average molecular weight is 413 g/mol. The van der Waals surface area contributed by atoms with E-state index in [-0.39, 0.29) is 11.3 Å². The molecular formula is C20H17BrN2O3. The summed E-state index contributed by atoms with van der Waals surface area (Å²) < 4.78 is 2.32. The zero-order valence-electron chi connectivity index (χ0n) is 14.2. The number of hydrogen-bond donors (Lipinski definition) is 2. The summed E-state index contributed by atoms with van der Waals surface area (Å²) >= 11 is 3.41. The highest BCUT2D eigenvalue weighted by Gasteiger charge is 2.25. The quantitative estimate of drug-likeness (QED) is 0.668. The maximum Gasteiger partial charge on any atom is 0.267 e. The molecule has 0 saturated heterocycles. The van der Waals surface area contributed by atoms with Crippen LogP contribution in [-0.2, 0) is 13.0 Å². The third-order valence-electron chi connectivity index (χ3n) is 4.77. The van der Waals surface area contributed by atoms with E-state index in [2.05, 4.69) is 21.2 Å². The number of aryl methyl sites for hydroxylation is 3. The van der Waals surface area contributed by atoms with Crippen LogP contribution in [0.25, 0.3) is 10.9 Å². The molecule has 2 heterocycles. The van der Waals surface area contributed by atoms with Crippen molar-refractivity contribution in [3.63, 3.8) is 0 Å². The number of nitrogens with one attached hydrogen (secondary N) is 1. The van der Waals surface area contributed by atoms with Crippen LogP contribution in [0, 0.1) is 6.92 Å². The fourth-order valence-electron chi connectivity index (χ4n) is 3.53. The largest absolute Gasteiger partial charge is 0.506 e. The number of amides is 1. The average Bonchev–Trinajstić information content (AvgIpc) is 2.62. The number of anilines is 1. The molecule has 0 atom stereocenters. The Labute approximate surface area is 158 Å². The lowest BCUT2D eigenvalue weighted by atomic mass is 9.99. The molecule has 1 aliphatic rings. The van der Waals surface area contributed by atoms with Gasteiger partial charge in [-0.1, -0.05) is 18.2 Å². The van der Waals surface area contributed by atoms with Crippen LogP contribution in [0.2, 0.25) is 0 Å². The minimum absolute atomic E-state index is 0.218. The zero-order valence-corrected chi connectivity index (χ0v) is 15.8. The highest BCUT2D eigenvalue weighted by Crippen LogP contribution is 2.32. The van der Waals surface area contributed by atoms with E-state index in [1.165, 1.54) is 0 Å². The van der Waals surface area contributed by atoms with Crippen molar-refractivity contribution in [1.82, 2.24) is 4.57 Å². The number of aromatic hydroxyl groups is 1. The molecule has 6 heteroatoms. The standard InChI is InChI=1S/C20H17BrN2O3/c1-11-7-8-15(14(21)10-11)22-19(25)16-18(24)13-6-2-4-12-5-3-9-23(17(12)13)20(16)26/h2,4,6-8,10,24H,3,5,9H2,1H3,(H,22,25). The van der Waals surface area contributed by atoms with Crippen LogP contribution in [0.15, 0.2) is 45.7 Å². The summed E-state index contributed by atoms with van der Waals surface area (Å²) in [6, 6.07) is 11.0. The van der Waals surface area contributed by atoms with Gasteiger partial charge in [-0.15, -0.1) is 0 Å². The number of para-hydroxylation sites is 1. The van der Waals surface area contributed by atoms with Crippen LogP contribution >= 0.6 is 15.9 Å². The highest BCUT2D eigenvalue weighted by atomic mass is 79.9. The Kier molecular flexibility index (Phi) is 4.07. The molecule has 132 valence electrons. The maximum atomic E-state index is 12.9. The summed E-state index contributed by atoms with van der Waals surface area (Å²) in [5.41, 5.74) is 2.67. The van der Waals surface area contributed by atoms with E-state index in [0.717, 1.165) is 34.0 Å². The molecule has 0 bridgehead atoms. The maximum absolute atomic E-state index is 12.9. The number of pyridine rings is 1. The van der Waals surface area contributed by atoms with Crippen LogP contribution in [0.1, 0.15) is 27.9 Å². The molecule has 0 aliphatic carbocycles. The Hall–Kier alpha value is -2.60. The summed E-state index contributed by atoms with van der Waals surface area (Å²) in [6.07, 6.45) is 1.69. The lowest BCUT2D eigenvalue weighted by molar-refractivity contribution is 0.102. The molecule has 1 aliphatic heterocycles. The molecule has 0 saturated carbocycles. The van der Waals surface area contributed by atoms with Gasteiger partial charge in [0.1, 0.15) is 11.3 Å². The van der Waals surface area contributed by atoms with Gasteiger partial charge in [-0.05, 0) is 65.0 Å². The summed E-state index contributed by atoms with van der Waals surface area (Å²) in [4.78, 5) is 25.7. The first-order valence-corrected chi connectivity index (χ1v) is 9.21. The molecule has 2 aromatic carbocycles. The summed E-state index contributed by atoms with van der Waals surface area (Å²) in [7, 11) is 0. The smallest absolute Gasteiger partial charge is 0.267 e. The lowest BCUT2D eigenvalue weighted by Gasteiger charge is -2.21. The SMILES string of the molecule is Cc1ccc(NC(=O)c2c(O)c3cccc4c3n(c2=O)CCC4)c(Br)c1. The zero-order chi connectivity index (χ0) is 18.4. The molecule has 2 N–H and O–H groups in total. The molecule has 1 aromatic heterocycles. The van der Waals surface area contributed by atoms with Gasteiger partial charge < -0.3 is 15.0 Å². The van der Waals surface area contributed by atoms with Crippen LogP contribution < -0.4 is 10.9 Å².